The van der Waals surface area contributed by atoms with Gasteiger partial charge >= 0.3 is 0 Å². The first-order valence-corrected chi connectivity index (χ1v) is 13.3. The summed E-state index contributed by atoms with van der Waals surface area (Å²) in [6.45, 7) is 8.32. The minimum absolute atomic E-state index is 0.0777. The lowest BCUT2D eigenvalue weighted by Gasteiger charge is -2.48. The highest BCUT2D eigenvalue weighted by Crippen LogP contribution is 2.54. The average molecular weight is 513 g/mol. The summed E-state index contributed by atoms with van der Waals surface area (Å²) in [6.07, 6.45) is 2.38. The predicted octanol–water partition coefficient (Wildman–Crippen LogP) is 6.02. The zero-order chi connectivity index (χ0) is 27.2. The number of hydrogen-bond acceptors (Lipinski definition) is 5. The van der Waals surface area contributed by atoms with Crippen LogP contribution in [0, 0.1) is 10.8 Å². The van der Waals surface area contributed by atoms with Crippen LogP contribution in [0.1, 0.15) is 64.9 Å². The van der Waals surface area contributed by atoms with Crippen molar-refractivity contribution in [3.63, 3.8) is 0 Å². The number of Topliss-reactive ketones (excluding diaryl/α,β-unsaturated/α-hetero) is 2. The average Bonchev–Trinajstić information content (AvgIpc) is 2.84. The third kappa shape index (κ3) is 4.92. The Balaban J connectivity index is 1.56. The van der Waals surface area contributed by atoms with Crippen LogP contribution >= 0.6 is 0 Å². The van der Waals surface area contributed by atoms with Crippen LogP contribution in [0.3, 0.4) is 0 Å². The van der Waals surface area contributed by atoms with Gasteiger partial charge in [-0.3, -0.25) is 14.4 Å². The normalized spacial score (nSPS) is 20.7. The van der Waals surface area contributed by atoms with E-state index >= 15 is 0 Å². The first-order valence-electron chi connectivity index (χ1n) is 13.3. The molecule has 6 nitrogen and oxygen atoms in total. The molecular weight excluding hydrogens is 476 g/mol. The van der Waals surface area contributed by atoms with Crippen LogP contribution in [-0.2, 0) is 14.4 Å². The number of nitrogens with one attached hydrogen (secondary N) is 1. The molecule has 0 spiro atoms. The number of carbonyl (C=O) groups excluding carboxylic acids is 3. The maximum Gasteiger partial charge on any atom is 0.262 e. The molecule has 1 aliphatic heterocycles. The highest BCUT2D eigenvalue weighted by molar-refractivity contribution is 6.07. The van der Waals surface area contributed by atoms with Crippen LogP contribution in [-0.4, -0.2) is 36.0 Å². The van der Waals surface area contributed by atoms with E-state index in [0.717, 1.165) is 29.8 Å². The van der Waals surface area contributed by atoms with E-state index in [4.69, 9.17) is 4.74 Å². The van der Waals surface area contributed by atoms with Gasteiger partial charge in [-0.2, -0.15) is 0 Å². The van der Waals surface area contributed by atoms with Crippen LogP contribution in [0.25, 0.3) is 0 Å². The molecule has 198 valence electrons. The van der Waals surface area contributed by atoms with Crippen molar-refractivity contribution >= 4 is 23.2 Å². The van der Waals surface area contributed by atoms with Gasteiger partial charge in [0.25, 0.3) is 5.91 Å². The molecular formula is C32H36N2O4. The highest BCUT2D eigenvalue weighted by atomic mass is 16.5. The van der Waals surface area contributed by atoms with Gasteiger partial charge in [-0.25, -0.2) is 0 Å². The lowest BCUT2D eigenvalue weighted by Crippen LogP contribution is -2.43. The molecule has 2 aromatic rings. The Kier molecular flexibility index (Phi) is 6.54. The van der Waals surface area contributed by atoms with Crippen molar-refractivity contribution in [3.8, 4) is 5.75 Å². The van der Waals surface area contributed by atoms with E-state index in [1.165, 1.54) is 0 Å². The van der Waals surface area contributed by atoms with E-state index in [-0.39, 0.29) is 34.9 Å². The molecule has 0 saturated heterocycles. The summed E-state index contributed by atoms with van der Waals surface area (Å²) in [5, 5.41) is 2.84. The Morgan fingerprint density at radius 1 is 0.842 bits per heavy atom. The third-order valence-corrected chi connectivity index (χ3v) is 7.83. The van der Waals surface area contributed by atoms with Crippen molar-refractivity contribution in [2.45, 2.75) is 59.3 Å². The smallest absolute Gasteiger partial charge is 0.262 e. The van der Waals surface area contributed by atoms with Gasteiger partial charge in [0.15, 0.2) is 18.2 Å². The molecule has 0 saturated carbocycles. The predicted molar refractivity (Wildman–Crippen MR) is 148 cm³/mol. The van der Waals surface area contributed by atoms with Gasteiger partial charge in [-0.15, -0.1) is 0 Å². The molecule has 0 fully saturated rings. The van der Waals surface area contributed by atoms with E-state index in [1.54, 1.807) is 0 Å². The largest absolute Gasteiger partial charge is 0.483 e. The fourth-order valence-corrected chi connectivity index (χ4v) is 6.19. The molecule has 1 heterocycles. The zero-order valence-electron chi connectivity index (χ0n) is 22.9. The van der Waals surface area contributed by atoms with Crippen LogP contribution in [0.5, 0.6) is 5.75 Å². The maximum absolute atomic E-state index is 13.7. The molecule has 0 radical (unpaired) electrons. The quantitative estimate of drug-likeness (QED) is 0.530. The second-order valence-electron chi connectivity index (χ2n) is 12.3. The SMILES string of the molecule is CN1C2=C(C(=O)CC(C)(C)C2)C(c2ccccc2OCC(=O)Nc2ccccc2)C2=C1CC(C)(C)CC2=O. The monoisotopic (exact) mass is 512 g/mol. The molecule has 2 aromatic carbocycles. The van der Waals surface area contributed by atoms with Crippen molar-refractivity contribution in [1.29, 1.82) is 0 Å². The molecule has 38 heavy (non-hydrogen) atoms. The molecule has 0 atom stereocenters. The van der Waals surface area contributed by atoms with E-state index in [0.29, 0.717) is 35.4 Å². The molecule has 2 aliphatic carbocycles. The Labute approximate surface area is 224 Å². The number of benzene rings is 2. The number of ketones is 2. The van der Waals surface area contributed by atoms with E-state index in [9.17, 15) is 14.4 Å². The van der Waals surface area contributed by atoms with Crippen molar-refractivity contribution in [2.75, 3.05) is 19.0 Å². The lowest BCUT2D eigenvalue weighted by molar-refractivity contribution is -0.120. The summed E-state index contributed by atoms with van der Waals surface area (Å²) in [6, 6.07) is 16.7. The number of carbonyl (C=O) groups is 3. The molecule has 5 rings (SSSR count). The molecule has 0 bridgehead atoms. The lowest BCUT2D eigenvalue weighted by atomic mass is 9.63. The van der Waals surface area contributed by atoms with E-state index in [2.05, 4.69) is 37.9 Å². The van der Waals surface area contributed by atoms with Gasteiger partial charge in [-0.1, -0.05) is 64.1 Å². The number of ether oxygens (including phenoxy) is 1. The second-order valence-corrected chi connectivity index (χ2v) is 12.3. The first-order chi connectivity index (χ1) is 18.0. The Morgan fingerprint density at radius 2 is 1.37 bits per heavy atom. The Hall–Kier alpha value is -3.67. The number of rotatable bonds is 5. The molecule has 6 heteroatoms. The van der Waals surface area contributed by atoms with Gasteiger partial charge in [-0.05, 0) is 41.9 Å². The Morgan fingerprint density at radius 3 is 1.95 bits per heavy atom. The van der Waals surface area contributed by atoms with E-state index in [1.807, 2.05) is 61.6 Å². The fourth-order valence-electron chi connectivity index (χ4n) is 6.19. The Bertz CT molecular complexity index is 1310. The van der Waals surface area contributed by atoms with Crippen LogP contribution < -0.4 is 10.1 Å². The van der Waals surface area contributed by atoms with Crippen molar-refractivity contribution < 1.29 is 19.1 Å². The van der Waals surface area contributed by atoms with Crippen LogP contribution in [0.4, 0.5) is 5.69 Å². The third-order valence-electron chi connectivity index (χ3n) is 7.83. The number of anilines is 1. The van der Waals surface area contributed by atoms with Crippen molar-refractivity contribution in [3.05, 3.63) is 82.7 Å². The number of para-hydroxylation sites is 2. The number of amides is 1. The summed E-state index contributed by atoms with van der Waals surface area (Å²) in [5.41, 5.74) is 4.52. The van der Waals surface area contributed by atoms with Crippen molar-refractivity contribution in [1.82, 2.24) is 4.90 Å². The van der Waals surface area contributed by atoms with Gasteiger partial charge in [0, 0.05) is 59.6 Å². The minimum atomic E-state index is -0.503. The molecule has 0 aromatic heterocycles. The van der Waals surface area contributed by atoms with Gasteiger partial charge in [0.1, 0.15) is 5.75 Å². The second kappa shape index (κ2) is 9.57. The first kappa shape index (κ1) is 26.0. The summed E-state index contributed by atoms with van der Waals surface area (Å²) in [4.78, 5) is 42.2. The van der Waals surface area contributed by atoms with E-state index < -0.39 is 5.92 Å². The highest BCUT2D eigenvalue weighted by Gasteiger charge is 2.48. The standard InChI is InChI=1S/C32H36N2O4/c1-31(2)15-22-29(24(35)17-31)28(30-23(34(22)5)16-32(3,4)18-25(30)36)21-13-9-10-14-26(21)38-19-27(37)33-20-11-7-6-8-12-20/h6-14,28H,15-19H2,1-5H3,(H,33,37). The molecule has 3 aliphatic rings. The number of allylic oxidation sites excluding steroid dienone is 4. The van der Waals surface area contributed by atoms with Crippen LogP contribution in [0.2, 0.25) is 0 Å². The zero-order valence-corrected chi connectivity index (χ0v) is 22.9. The van der Waals surface area contributed by atoms with Crippen molar-refractivity contribution in [2.24, 2.45) is 10.8 Å². The number of nitrogens with zero attached hydrogens (tertiary/aromatic N) is 1. The number of hydrogen-bond donors (Lipinski definition) is 1. The van der Waals surface area contributed by atoms with Gasteiger partial charge in [0.2, 0.25) is 0 Å². The van der Waals surface area contributed by atoms with Gasteiger partial charge < -0.3 is 15.0 Å². The molecule has 0 unspecified atom stereocenters. The summed E-state index contributed by atoms with van der Waals surface area (Å²) in [7, 11) is 2.00. The summed E-state index contributed by atoms with van der Waals surface area (Å²) < 4.78 is 6.07. The topological polar surface area (TPSA) is 75.7 Å². The fraction of sp³-hybridized carbons (Fsp3) is 0.406. The van der Waals surface area contributed by atoms with Crippen LogP contribution in [0.15, 0.2) is 77.1 Å². The molecule has 1 N–H and O–H groups in total. The minimum Gasteiger partial charge on any atom is -0.483 e. The molecule has 1 amide bonds. The maximum atomic E-state index is 13.7. The summed E-state index contributed by atoms with van der Waals surface area (Å²) >= 11 is 0. The summed E-state index contributed by atoms with van der Waals surface area (Å²) in [5.74, 6) is -0.112. The van der Waals surface area contributed by atoms with Gasteiger partial charge in [0.05, 0.1) is 0 Å².